The van der Waals surface area contributed by atoms with Crippen LogP contribution in [0.3, 0.4) is 0 Å². The van der Waals surface area contributed by atoms with Gasteiger partial charge in [0.05, 0.1) is 4.90 Å². The number of carbonyl (C=O) groups excluding carboxylic acids is 1. The maximum atomic E-state index is 12.6. The second kappa shape index (κ2) is 9.25. The number of carbonyl (C=O) groups is 1. The number of hydrogen-bond acceptors (Lipinski definition) is 6. The number of sulfonamides is 1. The molecule has 1 heterocycles. The minimum Gasteiger partial charge on any atom is -0.341 e. The predicted molar refractivity (Wildman–Crippen MR) is 124 cm³/mol. The van der Waals surface area contributed by atoms with Gasteiger partial charge >= 0.3 is 0 Å². The molecule has 9 heteroatoms. The zero-order valence-corrected chi connectivity index (χ0v) is 18.8. The van der Waals surface area contributed by atoms with E-state index in [4.69, 9.17) is 4.52 Å². The molecule has 33 heavy (non-hydrogen) atoms. The normalized spacial score (nSPS) is 12.2. The average molecular weight is 463 g/mol. The largest absolute Gasteiger partial charge is 0.341 e. The van der Waals surface area contributed by atoms with Gasteiger partial charge in [0.1, 0.15) is 6.04 Å². The van der Waals surface area contributed by atoms with Crippen molar-refractivity contribution in [3.8, 4) is 11.4 Å². The molecule has 0 spiro atoms. The number of amides is 1. The van der Waals surface area contributed by atoms with E-state index >= 15 is 0 Å². The first-order chi connectivity index (χ1) is 15.8. The van der Waals surface area contributed by atoms with Crippen LogP contribution in [-0.4, -0.2) is 24.5 Å². The van der Waals surface area contributed by atoms with Crippen LogP contribution in [0.1, 0.15) is 34.8 Å². The number of hydrogen-bond donors (Lipinski definition) is 2. The third kappa shape index (κ3) is 5.27. The zero-order valence-electron chi connectivity index (χ0n) is 18.0. The van der Waals surface area contributed by atoms with Gasteiger partial charge in [-0.05, 0) is 62.4 Å². The predicted octanol–water partition coefficient (Wildman–Crippen LogP) is 4.34. The third-order valence-corrected chi connectivity index (χ3v) is 6.32. The Morgan fingerprint density at radius 3 is 2.27 bits per heavy atom. The Bertz CT molecular complexity index is 1350. The Kier molecular flexibility index (Phi) is 6.23. The fourth-order valence-corrected chi connectivity index (χ4v) is 4.14. The fourth-order valence-electron chi connectivity index (χ4n) is 3.08. The first-order valence-electron chi connectivity index (χ1n) is 10.2. The van der Waals surface area contributed by atoms with Gasteiger partial charge in [0, 0.05) is 16.8 Å². The summed E-state index contributed by atoms with van der Waals surface area (Å²) < 4.78 is 33.0. The van der Waals surface area contributed by atoms with E-state index in [0.717, 1.165) is 5.56 Å². The van der Waals surface area contributed by atoms with Crippen LogP contribution in [-0.2, 0) is 10.0 Å². The summed E-state index contributed by atoms with van der Waals surface area (Å²) in [6.07, 6.45) is 0. The number of anilines is 1. The van der Waals surface area contributed by atoms with Gasteiger partial charge in [0.25, 0.3) is 15.9 Å². The van der Waals surface area contributed by atoms with Gasteiger partial charge in [-0.2, -0.15) is 4.98 Å². The molecule has 1 aromatic heterocycles. The van der Waals surface area contributed by atoms with Crippen LogP contribution in [0.5, 0.6) is 0 Å². The van der Waals surface area contributed by atoms with Crippen molar-refractivity contribution in [2.45, 2.75) is 24.8 Å². The van der Waals surface area contributed by atoms with E-state index in [-0.39, 0.29) is 16.7 Å². The van der Waals surface area contributed by atoms with Crippen LogP contribution in [0, 0.1) is 6.92 Å². The quantitative estimate of drug-likeness (QED) is 0.422. The van der Waals surface area contributed by atoms with E-state index < -0.39 is 16.1 Å². The number of nitrogens with one attached hydrogen (secondary N) is 2. The molecule has 1 atom stereocenters. The highest BCUT2D eigenvalue weighted by Crippen LogP contribution is 2.23. The molecule has 4 aromatic rings. The molecule has 0 aliphatic heterocycles. The summed E-state index contributed by atoms with van der Waals surface area (Å²) in [6.45, 7) is 3.64. The molecule has 0 fully saturated rings. The van der Waals surface area contributed by atoms with Crippen molar-refractivity contribution in [1.29, 1.82) is 0 Å². The van der Waals surface area contributed by atoms with Gasteiger partial charge in [-0.15, -0.1) is 0 Å². The van der Waals surface area contributed by atoms with Crippen LogP contribution in [0.4, 0.5) is 5.69 Å². The van der Waals surface area contributed by atoms with Crippen molar-refractivity contribution in [2.75, 3.05) is 4.72 Å². The topological polar surface area (TPSA) is 114 Å². The number of benzene rings is 3. The molecular formula is C24H22N4O4S. The van der Waals surface area contributed by atoms with Crippen molar-refractivity contribution in [1.82, 2.24) is 15.5 Å². The van der Waals surface area contributed by atoms with E-state index in [9.17, 15) is 13.2 Å². The lowest BCUT2D eigenvalue weighted by molar-refractivity contribution is 0.0932. The molecular weight excluding hydrogens is 440 g/mol. The smallest absolute Gasteiger partial charge is 0.261 e. The summed E-state index contributed by atoms with van der Waals surface area (Å²) in [6, 6.07) is 21.6. The highest BCUT2D eigenvalue weighted by atomic mass is 32.2. The lowest BCUT2D eigenvalue weighted by Gasteiger charge is -2.09. The maximum Gasteiger partial charge on any atom is 0.261 e. The first-order valence-corrected chi connectivity index (χ1v) is 11.7. The molecule has 0 unspecified atom stereocenters. The molecule has 168 valence electrons. The van der Waals surface area contributed by atoms with Crippen LogP contribution in [0.15, 0.2) is 88.3 Å². The summed E-state index contributed by atoms with van der Waals surface area (Å²) in [5.74, 6) is 0.352. The molecule has 0 radical (unpaired) electrons. The summed E-state index contributed by atoms with van der Waals surface area (Å²) in [7, 11) is -3.69. The van der Waals surface area contributed by atoms with Gasteiger partial charge in [-0.25, -0.2) is 8.42 Å². The standard InChI is InChI=1S/C24H22N4O4S/c1-16-8-14-21(15-9-16)33(30,31)28-20-12-10-18(11-13-20)22-26-24(32-27-22)17(2)25-23(29)19-6-4-3-5-7-19/h3-15,17,28H,1-2H3,(H,25,29)/t17-/m1/s1. The Morgan fingerprint density at radius 1 is 0.939 bits per heavy atom. The molecule has 0 aliphatic carbocycles. The van der Waals surface area contributed by atoms with Crippen molar-refractivity contribution >= 4 is 21.6 Å². The second-order valence-electron chi connectivity index (χ2n) is 7.51. The molecule has 0 aliphatic rings. The lowest BCUT2D eigenvalue weighted by Crippen LogP contribution is -2.26. The maximum absolute atomic E-state index is 12.6. The molecule has 0 saturated carbocycles. The van der Waals surface area contributed by atoms with Crippen molar-refractivity contribution in [3.63, 3.8) is 0 Å². The monoisotopic (exact) mass is 462 g/mol. The highest BCUT2D eigenvalue weighted by molar-refractivity contribution is 7.92. The van der Waals surface area contributed by atoms with Crippen molar-refractivity contribution < 1.29 is 17.7 Å². The van der Waals surface area contributed by atoms with Crippen LogP contribution in [0.25, 0.3) is 11.4 Å². The third-order valence-electron chi connectivity index (χ3n) is 4.92. The Balaban J connectivity index is 1.43. The second-order valence-corrected chi connectivity index (χ2v) is 9.20. The lowest BCUT2D eigenvalue weighted by atomic mass is 10.2. The van der Waals surface area contributed by atoms with Crippen molar-refractivity contribution in [2.24, 2.45) is 0 Å². The van der Waals surface area contributed by atoms with Gasteiger partial charge in [-0.1, -0.05) is 41.1 Å². The number of nitrogens with zero attached hydrogens (tertiary/aromatic N) is 2. The molecule has 2 N–H and O–H groups in total. The van der Waals surface area contributed by atoms with E-state index in [0.29, 0.717) is 22.6 Å². The van der Waals surface area contributed by atoms with E-state index in [2.05, 4.69) is 20.2 Å². The Labute approximate surface area is 191 Å². The Hall–Kier alpha value is -3.98. The number of aromatic nitrogens is 2. The van der Waals surface area contributed by atoms with Crippen molar-refractivity contribution in [3.05, 3.63) is 95.9 Å². The van der Waals surface area contributed by atoms with Crippen LogP contribution in [0.2, 0.25) is 0 Å². The molecule has 0 saturated heterocycles. The molecule has 4 rings (SSSR count). The number of rotatable bonds is 7. The van der Waals surface area contributed by atoms with Gasteiger partial charge < -0.3 is 9.84 Å². The summed E-state index contributed by atoms with van der Waals surface area (Å²) in [4.78, 5) is 16.9. The van der Waals surface area contributed by atoms with E-state index in [1.807, 2.05) is 13.0 Å². The minimum absolute atomic E-state index is 0.187. The first kappa shape index (κ1) is 22.2. The summed E-state index contributed by atoms with van der Waals surface area (Å²) >= 11 is 0. The SMILES string of the molecule is Cc1ccc(S(=O)(=O)Nc2ccc(-c3noc([C@@H](C)NC(=O)c4ccccc4)n3)cc2)cc1. The molecule has 0 bridgehead atoms. The van der Waals surface area contributed by atoms with Crippen LogP contribution >= 0.6 is 0 Å². The zero-order chi connectivity index (χ0) is 23.4. The average Bonchev–Trinajstić information content (AvgIpc) is 3.31. The van der Waals surface area contributed by atoms with E-state index in [1.54, 1.807) is 79.7 Å². The Morgan fingerprint density at radius 2 is 1.61 bits per heavy atom. The minimum atomic E-state index is -3.69. The van der Waals surface area contributed by atoms with Gasteiger partial charge in [0.2, 0.25) is 11.7 Å². The summed E-state index contributed by atoms with van der Waals surface area (Å²) in [5.41, 5.74) is 2.57. The molecule has 1 amide bonds. The van der Waals surface area contributed by atoms with Gasteiger partial charge in [-0.3, -0.25) is 9.52 Å². The summed E-state index contributed by atoms with van der Waals surface area (Å²) in [5, 5.41) is 6.79. The molecule has 3 aromatic carbocycles. The number of aryl methyl sites for hydroxylation is 1. The van der Waals surface area contributed by atoms with E-state index in [1.165, 1.54) is 0 Å². The molecule has 8 nitrogen and oxygen atoms in total. The van der Waals surface area contributed by atoms with Crippen LogP contribution < -0.4 is 10.0 Å². The fraction of sp³-hybridized carbons (Fsp3) is 0.125. The van der Waals surface area contributed by atoms with Gasteiger partial charge in [0.15, 0.2) is 0 Å². The highest BCUT2D eigenvalue weighted by Gasteiger charge is 2.19.